The molecular formula is C12H17N5OS. The predicted molar refractivity (Wildman–Crippen MR) is 76.8 cm³/mol. The van der Waals surface area contributed by atoms with Crippen LogP contribution < -0.4 is 11.1 Å². The van der Waals surface area contributed by atoms with Crippen LogP contribution in [0.4, 0.5) is 5.82 Å². The number of hydrogen-bond donors (Lipinski definition) is 2. The van der Waals surface area contributed by atoms with Gasteiger partial charge >= 0.3 is 0 Å². The fourth-order valence-electron chi connectivity index (χ4n) is 2.06. The molecule has 1 aromatic heterocycles. The molecule has 2 rings (SSSR count). The minimum Gasteiger partial charge on any atom is -0.388 e. The minimum atomic E-state index is 0.0687. The van der Waals surface area contributed by atoms with Crippen LogP contribution in [0.3, 0.4) is 0 Å². The molecule has 0 saturated carbocycles. The zero-order valence-electron chi connectivity index (χ0n) is 10.6. The van der Waals surface area contributed by atoms with Gasteiger partial charge in [0.1, 0.15) is 10.7 Å². The third-order valence-corrected chi connectivity index (χ3v) is 3.24. The molecule has 0 aliphatic carbocycles. The number of nitrogens with two attached hydrogens (primary N) is 1. The molecule has 0 bridgehead atoms. The Kier molecular flexibility index (Phi) is 4.62. The fourth-order valence-corrected chi connectivity index (χ4v) is 2.21. The maximum atomic E-state index is 12.0. The second-order valence-corrected chi connectivity index (χ2v) is 4.85. The molecule has 0 aromatic carbocycles. The van der Waals surface area contributed by atoms with Crippen LogP contribution >= 0.6 is 12.2 Å². The molecule has 0 unspecified atom stereocenters. The van der Waals surface area contributed by atoms with E-state index in [1.54, 1.807) is 0 Å². The van der Waals surface area contributed by atoms with Crippen molar-refractivity contribution in [3.63, 3.8) is 0 Å². The van der Waals surface area contributed by atoms with Crippen molar-refractivity contribution in [2.24, 2.45) is 5.73 Å². The summed E-state index contributed by atoms with van der Waals surface area (Å²) < 4.78 is 0. The number of rotatable bonds is 4. The Morgan fingerprint density at radius 2 is 2.00 bits per heavy atom. The van der Waals surface area contributed by atoms with Gasteiger partial charge < -0.3 is 16.0 Å². The van der Waals surface area contributed by atoms with E-state index in [1.807, 2.05) is 4.90 Å². The quantitative estimate of drug-likeness (QED) is 0.782. The maximum Gasteiger partial charge on any atom is 0.241 e. The summed E-state index contributed by atoms with van der Waals surface area (Å²) >= 11 is 4.89. The van der Waals surface area contributed by atoms with Crippen molar-refractivity contribution in [3.05, 3.63) is 18.1 Å². The van der Waals surface area contributed by atoms with E-state index in [9.17, 15) is 4.79 Å². The lowest BCUT2D eigenvalue weighted by molar-refractivity contribution is -0.130. The second kappa shape index (κ2) is 6.42. The topological polar surface area (TPSA) is 84.1 Å². The number of aromatic nitrogens is 2. The van der Waals surface area contributed by atoms with Gasteiger partial charge in [-0.25, -0.2) is 9.97 Å². The first-order valence-corrected chi connectivity index (χ1v) is 6.72. The molecule has 0 spiro atoms. The highest BCUT2D eigenvalue weighted by molar-refractivity contribution is 7.80. The van der Waals surface area contributed by atoms with Gasteiger partial charge in [0.15, 0.2) is 5.82 Å². The van der Waals surface area contributed by atoms with E-state index in [-0.39, 0.29) is 17.4 Å². The summed E-state index contributed by atoms with van der Waals surface area (Å²) in [5.74, 6) is 0.527. The SMILES string of the molecule is NC(=S)c1nccnc1NCC(=O)N1CCCCC1. The Bertz CT molecular complexity index is 473. The fraction of sp³-hybridized carbons (Fsp3) is 0.500. The number of nitrogens with zero attached hydrogens (tertiary/aromatic N) is 3. The Morgan fingerprint density at radius 1 is 1.32 bits per heavy atom. The summed E-state index contributed by atoms with van der Waals surface area (Å²) in [5, 5.41) is 2.96. The molecule has 1 fully saturated rings. The third kappa shape index (κ3) is 3.60. The first-order valence-electron chi connectivity index (χ1n) is 6.31. The van der Waals surface area contributed by atoms with Crippen LogP contribution in [-0.2, 0) is 4.79 Å². The average molecular weight is 279 g/mol. The van der Waals surface area contributed by atoms with Crippen LogP contribution in [0.1, 0.15) is 25.0 Å². The van der Waals surface area contributed by atoms with E-state index in [4.69, 9.17) is 18.0 Å². The third-order valence-electron chi connectivity index (χ3n) is 3.05. The molecule has 1 aromatic rings. The monoisotopic (exact) mass is 279 g/mol. The van der Waals surface area contributed by atoms with E-state index >= 15 is 0 Å². The number of amides is 1. The van der Waals surface area contributed by atoms with Crippen molar-refractivity contribution < 1.29 is 4.79 Å². The molecule has 2 heterocycles. The largest absolute Gasteiger partial charge is 0.388 e. The first kappa shape index (κ1) is 13.7. The normalized spacial score (nSPS) is 15.1. The summed E-state index contributed by atoms with van der Waals surface area (Å²) in [7, 11) is 0. The number of nitrogens with one attached hydrogen (secondary N) is 1. The second-order valence-electron chi connectivity index (χ2n) is 4.41. The van der Waals surface area contributed by atoms with Crippen LogP contribution in [0.15, 0.2) is 12.4 Å². The summed E-state index contributed by atoms with van der Waals surface area (Å²) in [6.07, 6.45) is 6.42. The molecule has 1 aliphatic heterocycles. The van der Waals surface area contributed by atoms with Crippen molar-refractivity contribution in [1.29, 1.82) is 0 Å². The zero-order valence-corrected chi connectivity index (χ0v) is 11.4. The molecule has 6 nitrogen and oxygen atoms in total. The first-order chi connectivity index (χ1) is 9.18. The van der Waals surface area contributed by atoms with E-state index in [0.29, 0.717) is 11.5 Å². The van der Waals surface area contributed by atoms with E-state index < -0.39 is 0 Å². The molecule has 0 atom stereocenters. The Labute approximate surface area is 117 Å². The van der Waals surface area contributed by atoms with Crippen LogP contribution in [0.5, 0.6) is 0 Å². The van der Waals surface area contributed by atoms with Crippen LogP contribution in [0, 0.1) is 0 Å². The predicted octanol–water partition coefficient (Wildman–Crippen LogP) is 0.535. The van der Waals surface area contributed by atoms with Crippen LogP contribution in [0.2, 0.25) is 0 Å². The molecule has 1 aliphatic rings. The van der Waals surface area contributed by atoms with Gasteiger partial charge in [-0.1, -0.05) is 12.2 Å². The lowest BCUT2D eigenvalue weighted by Crippen LogP contribution is -2.39. The lowest BCUT2D eigenvalue weighted by Gasteiger charge is -2.26. The number of anilines is 1. The molecule has 3 N–H and O–H groups in total. The number of carbonyl (C=O) groups excluding carboxylic acids is 1. The average Bonchev–Trinajstić information content (AvgIpc) is 2.46. The molecular weight excluding hydrogens is 262 g/mol. The molecule has 0 radical (unpaired) electrons. The standard InChI is InChI=1S/C12H17N5OS/c13-11(19)10-12(15-5-4-14-10)16-8-9(18)17-6-2-1-3-7-17/h4-5H,1-3,6-8H2,(H2,13,19)(H,15,16). The number of hydrogen-bond acceptors (Lipinski definition) is 5. The highest BCUT2D eigenvalue weighted by atomic mass is 32.1. The Morgan fingerprint density at radius 3 is 2.68 bits per heavy atom. The van der Waals surface area contributed by atoms with Gasteiger partial charge in [-0.3, -0.25) is 4.79 Å². The Balaban J connectivity index is 1.94. The molecule has 1 amide bonds. The van der Waals surface area contributed by atoms with E-state index in [1.165, 1.54) is 18.8 Å². The lowest BCUT2D eigenvalue weighted by atomic mass is 10.1. The minimum absolute atomic E-state index is 0.0687. The highest BCUT2D eigenvalue weighted by Gasteiger charge is 2.17. The number of piperidine rings is 1. The van der Waals surface area contributed by atoms with Crippen LogP contribution in [0.25, 0.3) is 0 Å². The van der Waals surface area contributed by atoms with Crippen molar-refractivity contribution in [3.8, 4) is 0 Å². The molecule has 1 saturated heterocycles. The van der Waals surface area contributed by atoms with Gasteiger partial charge in [0.2, 0.25) is 5.91 Å². The summed E-state index contributed by atoms with van der Waals surface area (Å²) in [5.41, 5.74) is 5.98. The highest BCUT2D eigenvalue weighted by Crippen LogP contribution is 2.10. The van der Waals surface area contributed by atoms with Gasteiger partial charge in [0.25, 0.3) is 0 Å². The number of thiocarbonyl (C=S) groups is 1. The van der Waals surface area contributed by atoms with Gasteiger partial charge in [-0.05, 0) is 19.3 Å². The van der Waals surface area contributed by atoms with Gasteiger partial charge in [0.05, 0.1) is 6.54 Å². The van der Waals surface area contributed by atoms with Gasteiger partial charge in [-0.2, -0.15) is 0 Å². The summed E-state index contributed by atoms with van der Waals surface area (Å²) in [4.78, 5) is 22.2. The zero-order chi connectivity index (χ0) is 13.7. The molecule has 7 heteroatoms. The van der Waals surface area contributed by atoms with Gasteiger partial charge in [-0.15, -0.1) is 0 Å². The molecule has 19 heavy (non-hydrogen) atoms. The molecule has 102 valence electrons. The van der Waals surface area contributed by atoms with Crippen molar-refractivity contribution in [2.75, 3.05) is 25.0 Å². The van der Waals surface area contributed by atoms with E-state index in [0.717, 1.165) is 25.9 Å². The smallest absolute Gasteiger partial charge is 0.241 e. The van der Waals surface area contributed by atoms with Crippen LogP contribution in [-0.4, -0.2) is 45.4 Å². The summed E-state index contributed by atoms with van der Waals surface area (Å²) in [6.45, 7) is 1.86. The van der Waals surface area contributed by atoms with Crippen molar-refractivity contribution in [1.82, 2.24) is 14.9 Å². The summed E-state index contributed by atoms with van der Waals surface area (Å²) in [6, 6.07) is 0. The van der Waals surface area contributed by atoms with Crippen molar-refractivity contribution in [2.45, 2.75) is 19.3 Å². The Hall–Kier alpha value is -1.76. The van der Waals surface area contributed by atoms with Crippen molar-refractivity contribution >= 4 is 28.9 Å². The van der Waals surface area contributed by atoms with Gasteiger partial charge in [0, 0.05) is 25.5 Å². The van der Waals surface area contributed by atoms with E-state index in [2.05, 4.69) is 15.3 Å². The number of likely N-dealkylation sites (tertiary alicyclic amines) is 1. The maximum absolute atomic E-state index is 12.0. The number of carbonyl (C=O) groups is 1.